The standard InChI is InChI=1S/C21H27N3O4/c1-4-9-24-20(26)17-8-6-5-7-16(17)19(22-24)21(27)28-13-18(25)23-11-14(2)10-15(3)12-23/h5-8,14-15H,4,9-13H2,1-3H3/t14-,15-/m1/s1. The first-order chi connectivity index (χ1) is 13.4. The van der Waals surface area contributed by atoms with Gasteiger partial charge in [-0.2, -0.15) is 5.10 Å². The third-order valence-corrected chi connectivity index (χ3v) is 5.04. The molecule has 0 aliphatic carbocycles. The fourth-order valence-corrected chi connectivity index (χ4v) is 3.90. The van der Waals surface area contributed by atoms with Crippen LogP contribution in [-0.2, 0) is 16.1 Å². The number of likely N-dealkylation sites (tertiary alicyclic amines) is 1. The first-order valence-corrected chi connectivity index (χ1v) is 9.85. The molecule has 1 saturated heterocycles. The molecule has 0 unspecified atom stereocenters. The monoisotopic (exact) mass is 385 g/mol. The Morgan fingerprint density at radius 3 is 2.43 bits per heavy atom. The fraction of sp³-hybridized carbons (Fsp3) is 0.524. The molecular weight excluding hydrogens is 358 g/mol. The SMILES string of the molecule is CCCn1nc(C(=O)OCC(=O)N2C[C@H](C)C[C@@H](C)C2)c2ccccc2c1=O. The van der Waals surface area contributed by atoms with Crippen LogP contribution in [0.1, 0.15) is 44.1 Å². The minimum Gasteiger partial charge on any atom is -0.451 e. The van der Waals surface area contributed by atoms with Crippen molar-refractivity contribution in [2.45, 2.75) is 40.2 Å². The quantitative estimate of drug-likeness (QED) is 0.739. The van der Waals surface area contributed by atoms with Gasteiger partial charge in [-0.05, 0) is 30.7 Å². The highest BCUT2D eigenvalue weighted by molar-refractivity contribution is 6.02. The van der Waals surface area contributed by atoms with Gasteiger partial charge in [0.05, 0.1) is 5.39 Å². The zero-order valence-corrected chi connectivity index (χ0v) is 16.7. The topological polar surface area (TPSA) is 81.5 Å². The van der Waals surface area contributed by atoms with Crippen LogP contribution in [0, 0.1) is 11.8 Å². The molecule has 150 valence electrons. The largest absolute Gasteiger partial charge is 0.451 e. The number of fused-ring (bicyclic) bond motifs is 1. The van der Waals surface area contributed by atoms with Crippen molar-refractivity contribution in [2.24, 2.45) is 11.8 Å². The second-order valence-electron chi connectivity index (χ2n) is 7.74. The van der Waals surface area contributed by atoms with E-state index in [4.69, 9.17) is 4.74 Å². The molecule has 3 rings (SSSR count). The van der Waals surface area contributed by atoms with Crippen molar-refractivity contribution in [3.8, 4) is 0 Å². The molecule has 1 aliphatic heterocycles. The second-order valence-corrected chi connectivity index (χ2v) is 7.74. The number of aryl methyl sites for hydroxylation is 1. The number of ether oxygens (including phenoxy) is 1. The van der Waals surface area contributed by atoms with Gasteiger partial charge in [0.1, 0.15) is 0 Å². The number of carbonyl (C=O) groups is 2. The zero-order valence-electron chi connectivity index (χ0n) is 16.7. The number of benzene rings is 1. The average molecular weight is 385 g/mol. The summed E-state index contributed by atoms with van der Waals surface area (Å²) in [5, 5.41) is 5.07. The van der Waals surface area contributed by atoms with E-state index in [0.29, 0.717) is 48.7 Å². The minimum absolute atomic E-state index is 0.0665. The predicted molar refractivity (Wildman–Crippen MR) is 106 cm³/mol. The average Bonchev–Trinajstić information content (AvgIpc) is 2.67. The van der Waals surface area contributed by atoms with Crippen molar-refractivity contribution in [3.05, 3.63) is 40.3 Å². The first-order valence-electron chi connectivity index (χ1n) is 9.85. The summed E-state index contributed by atoms with van der Waals surface area (Å²) in [6, 6.07) is 6.83. The van der Waals surface area contributed by atoms with Gasteiger partial charge < -0.3 is 9.64 Å². The molecule has 1 aromatic heterocycles. The van der Waals surface area contributed by atoms with Gasteiger partial charge in [-0.25, -0.2) is 9.48 Å². The lowest BCUT2D eigenvalue weighted by molar-refractivity contribution is -0.137. The van der Waals surface area contributed by atoms with E-state index < -0.39 is 5.97 Å². The molecule has 7 heteroatoms. The van der Waals surface area contributed by atoms with Crippen molar-refractivity contribution in [1.82, 2.24) is 14.7 Å². The van der Waals surface area contributed by atoms with Gasteiger partial charge in [-0.1, -0.05) is 39.0 Å². The molecule has 1 aromatic carbocycles. The van der Waals surface area contributed by atoms with Crippen molar-refractivity contribution in [3.63, 3.8) is 0 Å². The van der Waals surface area contributed by atoms with Crippen LogP contribution in [0.3, 0.4) is 0 Å². The van der Waals surface area contributed by atoms with Crippen LogP contribution in [0.15, 0.2) is 29.1 Å². The molecule has 2 heterocycles. The summed E-state index contributed by atoms with van der Waals surface area (Å²) in [7, 11) is 0. The molecule has 0 bridgehead atoms. The molecule has 0 radical (unpaired) electrons. The number of hydrogen-bond donors (Lipinski definition) is 0. The number of aromatic nitrogens is 2. The van der Waals surface area contributed by atoms with Gasteiger partial charge >= 0.3 is 5.97 Å². The molecule has 1 aliphatic rings. The number of amides is 1. The van der Waals surface area contributed by atoms with E-state index in [1.54, 1.807) is 29.2 Å². The molecular formula is C21H27N3O4. The van der Waals surface area contributed by atoms with E-state index >= 15 is 0 Å². The third kappa shape index (κ3) is 4.24. The lowest BCUT2D eigenvalue weighted by atomic mass is 9.92. The van der Waals surface area contributed by atoms with Crippen molar-refractivity contribution in [2.75, 3.05) is 19.7 Å². The molecule has 0 saturated carbocycles. The van der Waals surface area contributed by atoms with Gasteiger partial charge in [-0.3, -0.25) is 9.59 Å². The Morgan fingerprint density at radius 1 is 1.14 bits per heavy atom. The van der Waals surface area contributed by atoms with Crippen LogP contribution in [-0.4, -0.2) is 46.3 Å². The number of nitrogens with zero attached hydrogens (tertiary/aromatic N) is 3. The summed E-state index contributed by atoms with van der Waals surface area (Å²) >= 11 is 0. The van der Waals surface area contributed by atoms with Crippen LogP contribution in [0.5, 0.6) is 0 Å². The maximum Gasteiger partial charge on any atom is 0.359 e. The van der Waals surface area contributed by atoms with Crippen LogP contribution >= 0.6 is 0 Å². The molecule has 7 nitrogen and oxygen atoms in total. The highest BCUT2D eigenvalue weighted by Crippen LogP contribution is 2.21. The number of carbonyl (C=O) groups excluding carboxylic acids is 2. The molecule has 1 fully saturated rings. The van der Waals surface area contributed by atoms with Gasteiger partial charge in [-0.15, -0.1) is 0 Å². The number of rotatable bonds is 5. The summed E-state index contributed by atoms with van der Waals surface area (Å²) < 4.78 is 6.57. The number of piperidine rings is 1. The highest BCUT2D eigenvalue weighted by Gasteiger charge is 2.26. The summed E-state index contributed by atoms with van der Waals surface area (Å²) in [4.78, 5) is 39.4. The van der Waals surface area contributed by atoms with Crippen molar-refractivity contribution in [1.29, 1.82) is 0 Å². The normalized spacial score (nSPS) is 19.6. The van der Waals surface area contributed by atoms with Crippen LogP contribution < -0.4 is 5.56 Å². The van der Waals surface area contributed by atoms with Crippen molar-refractivity contribution < 1.29 is 14.3 Å². The Hall–Kier alpha value is -2.70. The Bertz CT molecular complexity index is 927. The van der Waals surface area contributed by atoms with E-state index in [-0.39, 0.29) is 23.8 Å². The Labute approximate surface area is 164 Å². The van der Waals surface area contributed by atoms with Crippen molar-refractivity contribution >= 4 is 22.6 Å². The molecule has 1 amide bonds. The maximum absolute atomic E-state index is 12.7. The first kappa shape index (κ1) is 20.0. The van der Waals surface area contributed by atoms with Gasteiger partial charge in [0.15, 0.2) is 12.3 Å². The predicted octanol–water partition coefficient (Wildman–Crippen LogP) is 2.47. The second kappa shape index (κ2) is 8.54. The Balaban J connectivity index is 1.79. The molecule has 0 N–H and O–H groups in total. The highest BCUT2D eigenvalue weighted by atomic mass is 16.5. The fourth-order valence-electron chi connectivity index (χ4n) is 3.90. The van der Waals surface area contributed by atoms with E-state index in [9.17, 15) is 14.4 Å². The van der Waals surface area contributed by atoms with Crippen LogP contribution in [0.25, 0.3) is 10.8 Å². The van der Waals surface area contributed by atoms with Gasteiger partial charge in [0.25, 0.3) is 11.5 Å². The maximum atomic E-state index is 12.7. The summed E-state index contributed by atoms with van der Waals surface area (Å²) in [5.41, 5.74) is -0.168. The zero-order chi connectivity index (χ0) is 20.3. The van der Waals surface area contributed by atoms with E-state index in [1.165, 1.54) is 4.68 Å². The van der Waals surface area contributed by atoms with Crippen LogP contribution in [0.2, 0.25) is 0 Å². The molecule has 28 heavy (non-hydrogen) atoms. The Kier molecular flexibility index (Phi) is 6.11. The summed E-state index contributed by atoms with van der Waals surface area (Å²) in [5.74, 6) is -0.0105. The lowest BCUT2D eigenvalue weighted by Gasteiger charge is -2.34. The number of hydrogen-bond acceptors (Lipinski definition) is 5. The summed E-state index contributed by atoms with van der Waals surface area (Å²) in [6.45, 7) is 7.63. The van der Waals surface area contributed by atoms with E-state index in [0.717, 1.165) is 6.42 Å². The van der Waals surface area contributed by atoms with E-state index in [1.807, 2.05) is 6.92 Å². The van der Waals surface area contributed by atoms with E-state index in [2.05, 4.69) is 18.9 Å². The van der Waals surface area contributed by atoms with Crippen LogP contribution in [0.4, 0.5) is 0 Å². The molecule has 2 aromatic rings. The summed E-state index contributed by atoms with van der Waals surface area (Å²) in [6.07, 6.45) is 1.81. The molecule has 2 atom stereocenters. The number of esters is 1. The smallest absolute Gasteiger partial charge is 0.359 e. The van der Waals surface area contributed by atoms with Gasteiger partial charge in [0.2, 0.25) is 0 Å². The molecule has 0 spiro atoms. The lowest BCUT2D eigenvalue weighted by Crippen LogP contribution is -2.44. The minimum atomic E-state index is -0.687. The Morgan fingerprint density at radius 2 is 1.79 bits per heavy atom. The third-order valence-electron chi connectivity index (χ3n) is 5.04. The van der Waals surface area contributed by atoms with Gasteiger partial charge in [0, 0.05) is 25.0 Å².